The lowest BCUT2D eigenvalue weighted by Crippen LogP contribution is -2.23. The molecular weight excluding hydrogens is 256 g/mol. The Labute approximate surface area is 118 Å². The number of hydrogen-bond acceptors (Lipinski definition) is 3. The van der Waals surface area contributed by atoms with Gasteiger partial charge in [0.1, 0.15) is 0 Å². The van der Waals surface area contributed by atoms with Gasteiger partial charge in [-0.3, -0.25) is 14.5 Å². The number of primary amides is 1. The van der Waals surface area contributed by atoms with E-state index in [2.05, 4.69) is 4.90 Å². The first-order valence-corrected chi connectivity index (χ1v) is 6.73. The molecule has 1 aromatic carbocycles. The van der Waals surface area contributed by atoms with Crippen molar-refractivity contribution >= 4 is 11.9 Å². The number of benzene rings is 1. The van der Waals surface area contributed by atoms with E-state index < -0.39 is 11.9 Å². The fourth-order valence-electron chi connectivity index (χ4n) is 2.79. The van der Waals surface area contributed by atoms with Gasteiger partial charge in [-0.25, -0.2) is 0 Å². The van der Waals surface area contributed by atoms with E-state index in [1.807, 2.05) is 19.9 Å². The number of aliphatic carboxylic acids is 1. The predicted molar refractivity (Wildman–Crippen MR) is 75.3 cm³/mol. The first-order chi connectivity index (χ1) is 9.38. The standard InChI is InChI=1S/C15H20N2O3/c1-9-5-11(14(16)18)3-4-12(9)7-17-6-10(2)13(8-17)15(19)20/h3-5,10,13H,6-8H2,1-2H3,(H2,16,18)(H,19,20). The maximum absolute atomic E-state index is 11.1. The number of nitrogens with zero attached hydrogens (tertiary/aromatic N) is 1. The largest absolute Gasteiger partial charge is 0.481 e. The summed E-state index contributed by atoms with van der Waals surface area (Å²) in [5.74, 6) is -1.28. The SMILES string of the molecule is Cc1cc(C(N)=O)ccc1CN1CC(C)C(C(=O)O)C1. The van der Waals surface area contributed by atoms with Crippen molar-refractivity contribution in [3.63, 3.8) is 0 Å². The van der Waals surface area contributed by atoms with E-state index in [1.165, 1.54) is 0 Å². The van der Waals surface area contributed by atoms with Crippen LogP contribution < -0.4 is 5.73 Å². The smallest absolute Gasteiger partial charge is 0.308 e. The summed E-state index contributed by atoms with van der Waals surface area (Å²) < 4.78 is 0. The minimum absolute atomic E-state index is 0.165. The van der Waals surface area contributed by atoms with Crippen LogP contribution in [0.5, 0.6) is 0 Å². The number of hydrogen-bond donors (Lipinski definition) is 2. The number of carbonyl (C=O) groups excluding carboxylic acids is 1. The minimum Gasteiger partial charge on any atom is -0.481 e. The first kappa shape index (κ1) is 14.5. The summed E-state index contributed by atoms with van der Waals surface area (Å²) in [6, 6.07) is 5.40. The van der Waals surface area contributed by atoms with E-state index in [1.54, 1.807) is 12.1 Å². The van der Waals surface area contributed by atoms with Crippen LogP contribution in [0.1, 0.15) is 28.4 Å². The van der Waals surface area contributed by atoms with Crippen molar-refractivity contribution in [2.24, 2.45) is 17.6 Å². The number of carboxylic acid groups (broad SMARTS) is 1. The number of amides is 1. The quantitative estimate of drug-likeness (QED) is 0.866. The molecule has 1 aliphatic heterocycles. The summed E-state index contributed by atoms with van der Waals surface area (Å²) in [4.78, 5) is 24.4. The van der Waals surface area contributed by atoms with Gasteiger partial charge in [0.25, 0.3) is 0 Å². The summed E-state index contributed by atoms with van der Waals surface area (Å²) in [7, 11) is 0. The lowest BCUT2D eigenvalue weighted by Gasteiger charge is -2.17. The highest BCUT2D eigenvalue weighted by Gasteiger charge is 2.34. The highest BCUT2D eigenvalue weighted by molar-refractivity contribution is 5.93. The van der Waals surface area contributed by atoms with E-state index in [-0.39, 0.29) is 11.8 Å². The molecule has 3 N–H and O–H groups in total. The molecule has 108 valence electrons. The van der Waals surface area contributed by atoms with Gasteiger partial charge in [0.05, 0.1) is 5.92 Å². The molecule has 1 fully saturated rings. The molecule has 0 radical (unpaired) electrons. The summed E-state index contributed by atoms with van der Waals surface area (Å²) >= 11 is 0. The van der Waals surface area contributed by atoms with Gasteiger partial charge in [0.15, 0.2) is 0 Å². The van der Waals surface area contributed by atoms with Crippen LogP contribution in [-0.2, 0) is 11.3 Å². The zero-order chi connectivity index (χ0) is 14.9. The second kappa shape index (κ2) is 5.63. The summed E-state index contributed by atoms with van der Waals surface area (Å²) in [5.41, 5.74) is 7.87. The van der Waals surface area contributed by atoms with E-state index in [0.717, 1.165) is 17.7 Å². The van der Waals surface area contributed by atoms with Crippen LogP contribution >= 0.6 is 0 Å². The molecule has 0 aliphatic carbocycles. The van der Waals surface area contributed by atoms with Crippen molar-refractivity contribution in [2.45, 2.75) is 20.4 Å². The molecule has 20 heavy (non-hydrogen) atoms. The highest BCUT2D eigenvalue weighted by atomic mass is 16.4. The van der Waals surface area contributed by atoms with Crippen LogP contribution in [0.2, 0.25) is 0 Å². The average Bonchev–Trinajstić information content (AvgIpc) is 2.73. The molecule has 5 nitrogen and oxygen atoms in total. The molecule has 1 aliphatic rings. The number of carbonyl (C=O) groups is 2. The summed E-state index contributed by atoms with van der Waals surface area (Å²) in [6.07, 6.45) is 0. The molecule has 0 aromatic heterocycles. The van der Waals surface area contributed by atoms with Gasteiger partial charge in [-0.1, -0.05) is 13.0 Å². The van der Waals surface area contributed by atoms with Gasteiger partial charge in [-0.15, -0.1) is 0 Å². The van der Waals surface area contributed by atoms with Crippen LogP contribution in [0, 0.1) is 18.8 Å². The van der Waals surface area contributed by atoms with Crippen molar-refractivity contribution < 1.29 is 14.7 Å². The molecule has 0 bridgehead atoms. The van der Waals surface area contributed by atoms with Crippen molar-refractivity contribution in [1.29, 1.82) is 0 Å². The van der Waals surface area contributed by atoms with Crippen molar-refractivity contribution in [1.82, 2.24) is 4.90 Å². The van der Waals surface area contributed by atoms with Gasteiger partial charge >= 0.3 is 5.97 Å². The fraction of sp³-hybridized carbons (Fsp3) is 0.467. The molecule has 0 spiro atoms. The Morgan fingerprint density at radius 3 is 2.60 bits per heavy atom. The number of aryl methyl sites for hydroxylation is 1. The molecule has 2 unspecified atom stereocenters. The molecule has 0 saturated carbocycles. The Kier molecular flexibility index (Phi) is 4.09. The Balaban J connectivity index is 2.08. The maximum atomic E-state index is 11.1. The van der Waals surface area contributed by atoms with Gasteiger partial charge in [0, 0.05) is 25.2 Å². The van der Waals surface area contributed by atoms with E-state index >= 15 is 0 Å². The number of carboxylic acids is 1. The van der Waals surface area contributed by atoms with Gasteiger partial charge in [-0.05, 0) is 36.1 Å². The number of likely N-dealkylation sites (tertiary alicyclic amines) is 1. The zero-order valence-electron chi connectivity index (χ0n) is 11.8. The molecule has 1 amide bonds. The minimum atomic E-state index is -0.721. The lowest BCUT2D eigenvalue weighted by atomic mass is 9.99. The van der Waals surface area contributed by atoms with Crippen molar-refractivity contribution in [3.05, 3.63) is 34.9 Å². The Hall–Kier alpha value is -1.88. The molecule has 5 heteroatoms. The van der Waals surface area contributed by atoms with Gasteiger partial charge in [0.2, 0.25) is 5.91 Å². The topological polar surface area (TPSA) is 83.6 Å². The van der Waals surface area contributed by atoms with Crippen LogP contribution in [0.25, 0.3) is 0 Å². The van der Waals surface area contributed by atoms with E-state index in [9.17, 15) is 9.59 Å². The number of rotatable bonds is 4. The van der Waals surface area contributed by atoms with Crippen molar-refractivity contribution in [2.75, 3.05) is 13.1 Å². The first-order valence-electron chi connectivity index (χ1n) is 6.73. The van der Waals surface area contributed by atoms with Crippen LogP contribution in [-0.4, -0.2) is 35.0 Å². The zero-order valence-corrected chi connectivity index (χ0v) is 11.8. The van der Waals surface area contributed by atoms with Crippen molar-refractivity contribution in [3.8, 4) is 0 Å². The fourth-order valence-corrected chi connectivity index (χ4v) is 2.79. The molecule has 1 aromatic rings. The summed E-state index contributed by atoms with van der Waals surface area (Å²) in [5, 5.41) is 9.14. The Morgan fingerprint density at radius 2 is 2.10 bits per heavy atom. The highest BCUT2D eigenvalue weighted by Crippen LogP contribution is 2.25. The van der Waals surface area contributed by atoms with E-state index in [0.29, 0.717) is 18.7 Å². The van der Waals surface area contributed by atoms with E-state index in [4.69, 9.17) is 10.8 Å². The third-order valence-electron chi connectivity index (χ3n) is 4.03. The second-order valence-corrected chi connectivity index (χ2v) is 5.62. The third-order valence-corrected chi connectivity index (χ3v) is 4.03. The molecule has 1 heterocycles. The van der Waals surface area contributed by atoms with Gasteiger partial charge in [-0.2, -0.15) is 0 Å². The Bertz CT molecular complexity index is 542. The van der Waals surface area contributed by atoms with Gasteiger partial charge < -0.3 is 10.8 Å². The Morgan fingerprint density at radius 1 is 1.40 bits per heavy atom. The lowest BCUT2D eigenvalue weighted by molar-refractivity contribution is -0.142. The normalized spacial score (nSPS) is 22.9. The molecule has 2 rings (SSSR count). The maximum Gasteiger partial charge on any atom is 0.308 e. The van der Waals surface area contributed by atoms with Crippen LogP contribution in [0.4, 0.5) is 0 Å². The summed E-state index contributed by atoms with van der Waals surface area (Å²) in [6.45, 7) is 5.98. The monoisotopic (exact) mass is 276 g/mol. The van der Waals surface area contributed by atoms with Crippen LogP contribution in [0.15, 0.2) is 18.2 Å². The molecule has 2 atom stereocenters. The molecule has 1 saturated heterocycles. The molecular formula is C15H20N2O3. The van der Waals surface area contributed by atoms with Crippen LogP contribution in [0.3, 0.4) is 0 Å². The third kappa shape index (κ3) is 2.99. The second-order valence-electron chi connectivity index (χ2n) is 5.62. The predicted octanol–water partition coefficient (Wildman–Crippen LogP) is 1.25. The average molecular weight is 276 g/mol. The number of nitrogens with two attached hydrogens (primary N) is 1.